The summed E-state index contributed by atoms with van der Waals surface area (Å²) < 4.78 is 1.45. The van der Waals surface area contributed by atoms with Crippen LogP contribution in [-0.4, -0.2) is 16.4 Å². The zero-order chi connectivity index (χ0) is 18.4. The summed E-state index contributed by atoms with van der Waals surface area (Å²) in [5.41, 5.74) is 2.37. The van der Waals surface area contributed by atoms with Gasteiger partial charge in [-0.25, -0.2) is 0 Å². The molecule has 0 fully saturated rings. The lowest BCUT2D eigenvalue weighted by atomic mass is 10.1. The molecule has 134 valence electrons. The summed E-state index contributed by atoms with van der Waals surface area (Å²) in [4.78, 5) is 35.5. The smallest absolute Gasteiger partial charge is 0.307 e. The minimum absolute atomic E-state index is 0.0125. The van der Waals surface area contributed by atoms with Crippen LogP contribution in [0, 0.1) is 12.8 Å². The monoisotopic (exact) mass is 361 g/mol. The van der Waals surface area contributed by atoms with Crippen LogP contribution in [0.25, 0.3) is 0 Å². The van der Waals surface area contributed by atoms with Gasteiger partial charge >= 0.3 is 4.87 Å². The van der Waals surface area contributed by atoms with Crippen molar-refractivity contribution in [3.63, 3.8) is 0 Å². The number of carbonyl (C=O) groups is 2. The molecule has 2 N–H and O–H groups in total. The van der Waals surface area contributed by atoms with Gasteiger partial charge in [0.2, 0.25) is 11.8 Å². The molecule has 6 nitrogen and oxygen atoms in total. The first-order chi connectivity index (χ1) is 11.9. The predicted molar refractivity (Wildman–Crippen MR) is 99.7 cm³/mol. The van der Waals surface area contributed by atoms with Gasteiger partial charge in [0.1, 0.15) is 6.54 Å². The highest BCUT2D eigenvalue weighted by Gasteiger charge is 2.11. The number of aromatic nitrogens is 1. The summed E-state index contributed by atoms with van der Waals surface area (Å²) in [6.45, 7) is 6.00. The van der Waals surface area contributed by atoms with E-state index in [1.165, 1.54) is 4.57 Å². The number of anilines is 1. The predicted octanol–water partition coefficient (Wildman–Crippen LogP) is 2.52. The van der Waals surface area contributed by atoms with Gasteiger partial charge in [0.25, 0.3) is 0 Å². The van der Waals surface area contributed by atoms with Gasteiger partial charge in [-0.15, -0.1) is 0 Å². The van der Waals surface area contributed by atoms with Crippen LogP contribution in [-0.2, 0) is 22.7 Å². The lowest BCUT2D eigenvalue weighted by molar-refractivity contribution is -0.122. The molecule has 1 unspecified atom stereocenters. The summed E-state index contributed by atoms with van der Waals surface area (Å²) >= 11 is 1.09. The third-order valence-corrected chi connectivity index (χ3v) is 4.90. The molecule has 7 heteroatoms. The molecular formula is C18H23N3O3S. The molecule has 0 radical (unpaired) electrons. The Hall–Kier alpha value is -2.41. The molecule has 1 aromatic carbocycles. The molecule has 2 aromatic rings. The number of aryl methyl sites for hydroxylation is 1. The van der Waals surface area contributed by atoms with Gasteiger partial charge in [-0.1, -0.05) is 37.3 Å². The van der Waals surface area contributed by atoms with Crippen LogP contribution in [0.2, 0.25) is 0 Å². The topological polar surface area (TPSA) is 80.2 Å². The molecule has 0 saturated carbocycles. The molecule has 1 atom stereocenters. The molecular weight excluding hydrogens is 338 g/mol. The average molecular weight is 361 g/mol. The van der Waals surface area contributed by atoms with Crippen LogP contribution in [0.5, 0.6) is 0 Å². The van der Waals surface area contributed by atoms with E-state index in [0.29, 0.717) is 12.2 Å². The molecule has 2 amide bonds. The highest BCUT2D eigenvalue weighted by Crippen LogP contribution is 2.13. The highest BCUT2D eigenvalue weighted by atomic mass is 32.1. The third-order valence-electron chi connectivity index (χ3n) is 4.02. The normalized spacial score (nSPS) is 11.8. The van der Waals surface area contributed by atoms with Crippen molar-refractivity contribution in [3.05, 3.63) is 50.6 Å². The summed E-state index contributed by atoms with van der Waals surface area (Å²) in [5, 5.41) is 7.41. The van der Waals surface area contributed by atoms with E-state index in [2.05, 4.69) is 10.6 Å². The lowest BCUT2D eigenvalue weighted by Crippen LogP contribution is -2.30. The number of thiazole rings is 1. The molecule has 2 rings (SSSR count). The van der Waals surface area contributed by atoms with Crippen molar-refractivity contribution in [3.8, 4) is 0 Å². The zero-order valence-electron chi connectivity index (χ0n) is 14.7. The Labute approximate surface area is 150 Å². The van der Waals surface area contributed by atoms with Gasteiger partial charge < -0.3 is 10.6 Å². The van der Waals surface area contributed by atoms with E-state index in [4.69, 9.17) is 0 Å². The van der Waals surface area contributed by atoms with Crippen molar-refractivity contribution in [2.75, 3.05) is 5.32 Å². The van der Waals surface area contributed by atoms with Crippen LogP contribution in [0.4, 0.5) is 5.69 Å². The van der Waals surface area contributed by atoms with Crippen LogP contribution in [0.1, 0.15) is 31.5 Å². The number of rotatable bonds is 7. The molecule has 0 aliphatic heterocycles. The van der Waals surface area contributed by atoms with E-state index in [1.807, 2.05) is 38.1 Å². The van der Waals surface area contributed by atoms with Crippen molar-refractivity contribution >= 4 is 28.8 Å². The van der Waals surface area contributed by atoms with Crippen molar-refractivity contribution in [2.24, 2.45) is 5.92 Å². The van der Waals surface area contributed by atoms with E-state index < -0.39 is 0 Å². The second kappa shape index (κ2) is 8.62. The fourth-order valence-electron chi connectivity index (χ4n) is 2.21. The number of hydrogen-bond acceptors (Lipinski definition) is 4. The van der Waals surface area contributed by atoms with E-state index in [9.17, 15) is 14.4 Å². The summed E-state index contributed by atoms with van der Waals surface area (Å²) in [6, 6.07) is 7.37. The van der Waals surface area contributed by atoms with Gasteiger partial charge in [0.15, 0.2) is 0 Å². The maximum Gasteiger partial charge on any atom is 0.307 e. The third kappa shape index (κ3) is 5.29. The van der Waals surface area contributed by atoms with E-state index in [0.717, 1.165) is 29.0 Å². The number of carbonyl (C=O) groups excluding carboxylic acids is 2. The molecule has 1 aromatic heterocycles. The Morgan fingerprint density at radius 3 is 2.72 bits per heavy atom. The van der Waals surface area contributed by atoms with Crippen LogP contribution in [0.15, 0.2) is 34.4 Å². The summed E-state index contributed by atoms with van der Waals surface area (Å²) in [5.74, 6) is -0.288. The summed E-state index contributed by atoms with van der Waals surface area (Å²) in [6.07, 6.45) is 0.781. The second-order valence-electron chi connectivity index (χ2n) is 6.00. The minimum Gasteiger partial charge on any atom is -0.350 e. The Balaban J connectivity index is 1.92. The molecule has 0 aliphatic rings. The number of nitrogens with one attached hydrogen (secondary N) is 2. The molecule has 1 heterocycles. The highest BCUT2D eigenvalue weighted by molar-refractivity contribution is 7.07. The minimum atomic E-state index is -0.224. The maximum absolute atomic E-state index is 12.0. The second-order valence-corrected chi connectivity index (χ2v) is 6.83. The average Bonchev–Trinajstić information content (AvgIpc) is 2.91. The molecule has 0 bridgehead atoms. The number of amides is 2. The van der Waals surface area contributed by atoms with Gasteiger partial charge in [0.05, 0.1) is 0 Å². The maximum atomic E-state index is 12.0. The van der Waals surface area contributed by atoms with Gasteiger partial charge in [-0.3, -0.25) is 19.0 Å². The number of hydrogen-bond donors (Lipinski definition) is 2. The fourth-order valence-corrected chi connectivity index (χ4v) is 2.94. The van der Waals surface area contributed by atoms with E-state index in [1.54, 1.807) is 12.3 Å². The Morgan fingerprint density at radius 1 is 1.32 bits per heavy atom. The SMILES string of the molecule is CCC(C)C(=O)Nc1cccc(CNC(=O)Cn2c(C)csc2=O)c1. The first kappa shape index (κ1) is 18.9. The molecule has 0 aliphatic carbocycles. The molecule has 0 saturated heterocycles. The van der Waals surface area contributed by atoms with Crippen molar-refractivity contribution in [1.29, 1.82) is 0 Å². The van der Waals surface area contributed by atoms with E-state index in [-0.39, 0.29) is 29.1 Å². The van der Waals surface area contributed by atoms with Crippen molar-refractivity contribution in [1.82, 2.24) is 9.88 Å². The van der Waals surface area contributed by atoms with Gasteiger partial charge in [0, 0.05) is 29.2 Å². The zero-order valence-corrected chi connectivity index (χ0v) is 15.5. The van der Waals surface area contributed by atoms with Crippen LogP contribution >= 0.6 is 11.3 Å². The Kier molecular flexibility index (Phi) is 6.52. The number of nitrogens with zero attached hydrogens (tertiary/aromatic N) is 1. The van der Waals surface area contributed by atoms with Crippen molar-refractivity contribution < 1.29 is 9.59 Å². The molecule has 0 spiro atoms. The quantitative estimate of drug-likeness (QED) is 0.795. The van der Waals surface area contributed by atoms with Gasteiger partial charge in [-0.05, 0) is 31.0 Å². The first-order valence-corrected chi connectivity index (χ1v) is 9.10. The largest absolute Gasteiger partial charge is 0.350 e. The van der Waals surface area contributed by atoms with Crippen LogP contribution in [0.3, 0.4) is 0 Å². The van der Waals surface area contributed by atoms with Gasteiger partial charge in [-0.2, -0.15) is 0 Å². The van der Waals surface area contributed by atoms with E-state index >= 15 is 0 Å². The van der Waals surface area contributed by atoms with Crippen LogP contribution < -0.4 is 15.5 Å². The Bertz CT molecular complexity index is 810. The van der Waals surface area contributed by atoms with Crippen molar-refractivity contribution in [2.45, 2.75) is 40.3 Å². The number of benzene rings is 1. The summed E-state index contributed by atoms with van der Waals surface area (Å²) in [7, 11) is 0. The fraction of sp³-hybridized carbons (Fsp3) is 0.389. The standard InChI is InChI=1S/C18H23N3O3S/c1-4-12(2)17(23)20-15-7-5-6-14(8-15)9-19-16(22)10-21-13(3)11-25-18(21)24/h5-8,11-12H,4,9-10H2,1-3H3,(H,19,22)(H,20,23). The first-order valence-electron chi connectivity index (χ1n) is 8.22. The molecule has 25 heavy (non-hydrogen) atoms. The lowest BCUT2D eigenvalue weighted by Gasteiger charge is -2.11. The Morgan fingerprint density at radius 2 is 2.08 bits per heavy atom.